The molecule has 0 unspecified atom stereocenters. The minimum Gasteiger partial charge on any atom is -0.381 e. The molecule has 21 heavy (non-hydrogen) atoms. The first-order valence-electron chi connectivity index (χ1n) is 6.85. The molecule has 1 saturated heterocycles. The van der Waals surface area contributed by atoms with Gasteiger partial charge in [0.2, 0.25) is 0 Å². The standard InChI is InChI=1S/C14H16N4O3/c19-13-12(2-1-5-15-13)14(20)17-10-8-16-18(9-10)11-3-6-21-7-4-11/h1-2,5,8-9,11H,3-4,6-7H2,(H,15,19)(H,17,20). The predicted octanol–water partition coefficient (Wildman–Crippen LogP) is 1.18. The predicted molar refractivity (Wildman–Crippen MR) is 76.3 cm³/mol. The van der Waals surface area contributed by atoms with Gasteiger partial charge in [0, 0.05) is 25.6 Å². The Hall–Kier alpha value is -2.41. The molecule has 0 atom stereocenters. The van der Waals surface area contributed by atoms with E-state index in [0.29, 0.717) is 11.7 Å². The summed E-state index contributed by atoms with van der Waals surface area (Å²) in [5.41, 5.74) is 0.248. The van der Waals surface area contributed by atoms with Crippen molar-refractivity contribution in [1.29, 1.82) is 0 Å². The van der Waals surface area contributed by atoms with Crippen LogP contribution in [0, 0.1) is 0 Å². The Bertz CT molecular complexity index is 685. The van der Waals surface area contributed by atoms with E-state index in [9.17, 15) is 9.59 Å². The van der Waals surface area contributed by atoms with Crippen molar-refractivity contribution in [3.8, 4) is 0 Å². The van der Waals surface area contributed by atoms with Crippen LogP contribution >= 0.6 is 0 Å². The maximum absolute atomic E-state index is 12.0. The Balaban J connectivity index is 1.71. The largest absolute Gasteiger partial charge is 0.381 e. The van der Waals surface area contributed by atoms with Crippen LogP contribution in [0.5, 0.6) is 0 Å². The molecule has 2 aromatic heterocycles. The van der Waals surface area contributed by atoms with E-state index in [-0.39, 0.29) is 5.56 Å². The molecule has 1 aliphatic rings. The Morgan fingerprint density at radius 3 is 3.00 bits per heavy atom. The first kappa shape index (κ1) is 13.6. The zero-order valence-corrected chi connectivity index (χ0v) is 11.4. The fraction of sp³-hybridized carbons (Fsp3) is 0.357. The van der Waals surface area contributed by atoms with Crippen molar-refractivity contribution in [3.63, 3.8) is 0 Å². The summed E-state index contributed by atoms with van der Waals surface area (Å²) < 4.78 is 7.16. The Labute approximate surface area is 120 Å². The Kier molecular flexibility index (Phi) is 3.83. The number of nitrogens with one attached hydrogen (secondary N) is 2. The van der Waals surface area contributed by atoms with Crippen molar-refractivity contribution < 1.29 is 9.53 Å². The monoisotopic (exact) mass is 288 g/mol. The number of hydrogen-bond donors (Lipinski definition) is 2. The fourth-order valence-corrected chi connectivity index (χ4v) is 2.35. The van der Waals surface area contributed by atoms with Crippen LogP contribution in [-0.4, -0.2) is 33.9 Å². The van der Waals surface area contributed by atoms with Crippen LogP contribution in [0.25, 0.3) is 0 Å². The van der Waals surface area contributed by atoms with Gasteiger partial charge >= 0.3 is 0 Å². The molecule has 1 aliphatic heterocycles. The summed E-state index contributed by atoms with van der Waals surface area (Å²) in [6, 6.07) is 3.39. The lowest BCUT2D eigenvalue weighted by molar-refractivity contribution is 0.0662. The topological polar surface area (TPSA) is 89.0 Å². The highest BCUT2D eigenvalue weighted by atomic mass is 16.5. The average Bonchev–Trinajstić information content (AvgIpc) is 2.97. The molecule has 2 aromatic rings. The summed E-state index contributed by atoms with van der Waals surface area (Å²) in [5.74, 6) is -0.441. The summed E-state index contributed by atoms with van der Waals surface area (Å²) in [7, 11) is 0. The maximum Gasteiger partial charge on any atom is 0.261 e. The van der Waals surface area contributed by atoms with Crippen molar-refractivity contribution in [1.82, 2.24) is 14.8 Å². The number of aromatic nitrogens is 3. The van der Waals surface area contributed by atoms with Crippen LogP contribution in [0.1, 0.15) is 29.2 Å². The molecule has 0 radical (unpaired) electrons. The van der Waals surface area contributed by atoms with Gasteiger partial charge in [0.1, 0.15) is 5.56 Å². The molecule has 0 spiro atoms. The SMILES string of the molecule is O=C(Nc1cnn(C2CCOCC2)c1)c1ccc[nH]c1=O. The van der Waals surface area contributed by atoms with Gasteiger partial charge in [-0.1, -0.05) is 0 Å². The number of pyridine rings is 1. The van der Waals surface area contributed by atoms with E-state index in [2.05, 4.69) is 15.4 Å². The van der Waals surface area contributed by atoms with E-state index < -0.39 is 11.5 Å². The molecule has 3 rings (SSSR count). The van der Waals surface area contributed by atoms with Crippen LogP contribution in [0.4, 0.5) is 5.69 Å². The number of aromatic amines is 1. The lowest BCUT2D eigenvalue weighted by atomic mass is 10.1. The number of nitrogens with zero attached hydrogens (tertiary/aromatic N) is 2. The molecule has 7 nitrogen and oxygen atoms in total. The molecule has 3 heterocycles. The molecule has 0 saturated carbocycles. The van der Waals surface area contributed by atoms with Crippen molar-refractivity contribution in [2.75, 3.05) is 18.5 Å². The molecule has 110 valence electrons. The van der Waals surface area contributed by atoms with Gasteiger partial charge in [-0.3, -0.25) is 14.3 Å². The quantitative estimate of drug-likeness (QED) is 0.887. The van der Waals surface area contributed by atoms with Gasteiger partial charge in [-0.2, -0.15) is 5.10 Å². The molecular weight excluding hydrogens is 272 g/mol. The smallest absolute Gasteiger partial charge is 0.261 e. The van der Waals surface area contributed by atoms with E-state index >= 15 is 0 Å². The van der Waals surface area contributed by atoms with Gasteiger partial charge in [0.25, 0.3) is 11.5 Å². The maximum atomic E-state index is 12.0. The highest BCUT2D eigenvalue weighted by Gasteiger charge is 2.17. The summed E-state index contributed by atoms with van der Waals surface area (Å²) in [6.45, 7) is 1.46. The second kappa shape index (κ2) is 5.92. The van der Waals surface area contributed by atoms with Crippen molar-refractivity contribution in [2.24, 2.45) is 0 Å². The number of ether oxygens (including phenoxy) is 1. The molecule has 2 N–H and O–H groups in total. The Morgan fingerprint density at radius 2 is 2.24 bits per heavy atom. The van der Waals surface area contributed by atoms with Crippen LogP contribution in [0.2, 0.25) is 0 Å². The van der Waals surface area contributed by atoms with Crippen LogP contribution in [0.15, 0.2) is 35.5 Å². The molecule has 1 fully saturated rings. The van der Waals surface area contributed by atoms with Crippen molar-refractivity contribution in [3.05, 3.63) is 46.6 Å². The summed E-state index contributed by atoms with van der Waals surface area (Å²) in [6.07, 6.45) is 6.68. The number of hydrogen-bond acceptors (Lipinski definition) is 4. The van der Waals surface area contributed by atoms with Gasteiger partial charge < -0.3 is 15.0 Å². The highest BCUT2D eigenvalue weighted by molar-refractivity contribution is 6.03. The van der Waals surface area contributed by atoms with Crippen molar-refractivity contribution in [2.45, 2.75) is 18.9 Å². The zero-order chi connectivity index (χ0) is 14.7. The highest BCUT2D eigenvalue weighted by Crippen LogP contribution is 2.21. The van der Waals surface area contributed by atoms with Gasteiger partial charge in [-0.15, -0.1) is 0 Å². The fourth-order valence-electron chi connectivity index (χ4n) is 2.35. The van der Waals surface area contributed by atoms with Crippen molar-refractivity contribution >= 4 is 11.6 Å². The third-order valence-corrected chi connectivity index (χ3v) is 3.49. The number of rotatable bonds is 3. The first-order valence-corrected chi connectivity index (χ1v) is 6.85. The van der Waals surface area contributed by atoms with E-state index in [1.165, 1.54) is 12.3 Å². The number of amides is 1. The first-order chi connectivity index (χ1) is 10.2. The zero-order valence-electron chi connectivity index (χ0n) is 11.4. The van der Waals surface area contributed by atoms with Gasteiger partial charge in [-0.05, 0) is 25.0 Å². The van der Waals surface area contributed by atoms with Crippen LogP contribution < -0.4 is 10.9 Å². The summed E-state index contributed by atoms with van der Waals surface area (Å²) >= 11 is 0. The normalized spacial score (nSPS) is 15.8. The molecule has 7 heteroatoms. The molecule has 0 aromatic carbocycles. The van der Waals surface area contributed by atoms with Gasteiger partial charge in [0.15, 0.2) is 0 Å². The van der Waals surface area contributed by atoms with E-state index in [0.717, 1.165) is 26.1 Å². The number of carbonyl (C=O) groups excluding carboxylic acids is 1. The lowest BCUT2D eigenvalue weighted by Gasteiger charge is -2.22. The second-order valence-corrected chi connectivity index (χ2v) is 4.92. The minimum absolute atomic E-state index is 0.0799. The Morgan fingerprint density at radius 1 is 1.43 bits per heavy atom. The van der Waals surface area contributed by atoms with E-state index in [1.54, 1.807) is 18.5 Å². The van der Waals surface area contributed by atoms with Gasteiger partial charge in [-0.25, -0.2) is 0 Å². The van der Waals surface area contributed by atoms with Gasteiger partial charge in [0.05, 0.1) is 17.9 Å². The second-order valence-electron chi connectivity index (χ2n) is 4.92. The molecule has 1 amide bonds. The third-order valence-electron chi connectivity index (χ3n) is 3.49. The molecular formula is C14H16N4O3. The number of carbonyl (C=O) groups is 1. The molecule has 0 bridgehead atoms. The number of H-pyrrole nitrogens is 1. The molecule has 0 aliphatic carbocycles. The minimum atomic E-state index is -0.441. The summed E-state index contributed by atoms with van der Waals surface area (Å²) in [4.78, 5) is 26.1. The average molecular weight is 288 g/mol. The van der Waals surface area contributed by atoms with Crippen LogP contribution in [0.3, 0.4) is 0 Å². The van der Waals surface area contributed by atoms with E-state index in [4.69, 9.17) is 4.74 Å². The van der Waals surface area contributed by atoms with Crippen LogP contribution in [-0.2, 0) is 4.74 Å². The lowest BCUT2D eigenvalue weighted by Crippen LogP contribution is -2.22. The third kappa shape index (κ3) is 3.03. The number of anilines is 1. The van der Waals surface area contributed by atoms with E-state index in [1.807, 2.05) is 4.68 Å². The summed E-state index contributed by atoms with van der Waals surface area (Å²) in [5, 5.41) is 6.95.